The molecule has 0 aliphatic heterocycles. The van der Waals surface area contributed by atoms with Gasteiger partial charge in [-0.15, -0.1) is 13.2 Å². The van der Waals surface area contributed by atoms with Crippen LogP contribution in [0.3, 0.4) is 0 Å². The Morgan fingerprint density at radius 1 is 1.02 bits per heavy atom. The van der Waals surface area contributed by atoms with Gasteiger partial charge in [-0.1, -0.05) is 92.6 Å². The number of aliphatic imine (C=N–C) groups is 1. The molecule has 0 spiro atoms. The molecular formula is C39H78BFN2O2. The quantitative estimate of drug-likeness (QED) is 0.147. The number of halogens is 1. The SMILES string of the molecule is C=C.CC.CCC.CCC1(CN(C)C)CC1.CCCC.CCCOCC(C)(O)CC.[B]C1=C(C)C(=NCC)C(=C(C)C)C=C1F. The first-order valence-corrected chi connectivity index (χ1v) is 17.6. The van der Waals surface area contributed by atoms with Gasteiger partial charge in [-0.05, 0) is 97.9 Å². The predicted molar refractivity (Wildman–Crippen MR) is 206 cm³/mol. The smallest absolute Gasteiger partial charge is 0.118 e. The number of rotatable bonds is 10. The summed E-state index contributed by atoms with van der Waals surface area (Å²) in [4.78, 5) is 6.66. The largest absolute Gasteiger partial charge is 0.388 e. The van der Waals surface area contributed by atoms with Crippen LogP contribution < -0.4 is 0 Å². The van der Waals surface area contributed by atoms with Crippen molar-refractivity contribution in [3.8, 4) is 0 Å². The molecule has 45 heavy (non-hydrogen) atoms. The van der Waals surface area contributed by atoms with E-state index in [0.29, 0.717) is 13.2 Å². The highest BCUT2D eigenvalue weighted by Crippen LogP contribution is 2.48. The zero-order valence-electron chi connectivity index (χ0n) is 33.2. The van der Waals surface area contributed by atoms with Gasteiger partial charge >= 0.3 is 0 Å². The molecule has 4 nitrogen and oxygen atoms in total. The summed E-state index contributed by atoms with van der Waals surface area (Å²) in [5, 5.41) is 9.42. The molecule has 1 N–H and O–H groups in total. The van der Waals surface area contributed by atoms with E-state index in [1.54, 1.807) is 13.8 Å². The van der Waals surface area contributed by atoms with Crippen molar-refractivity contribution in [1.29, 1.82) is 0 Å². The number of aliphatic hydroxyl groups is 1. The second kappa shape index (κ2) is 33.9. The summed E-state index contributed by atoms with van der Waals surface area (Å²) in [5.74, 6) is -0.362. The van der Waals surface area contributed by atoms with Crippen molar-refractivity contribution in [3.63, 3.8) is 0 Å². The molecular weight excluding hydrogens is 558 g/mol. The van der Waals surface area contributed by atoms with Crippen LogP contribution in [0.4, 0.5) is 4.39 Å². The van der Waals surface area contributed by atoms with Crippen LogP contribution in [0.5, 0.6) is 0 Å². The van der Waals surface area contributed by atoms with Crippen molar-refractivity contribution in [3.05, 3.63) is 47.3 Å². The van der Waals surface area contributed by atoms with Crippen LogP contribution in [0.25, 0.3) is 0 Å². The van der Waals surface area contributed by atoms with Gasteiger partial charge < -0.3 is 14.7 Å². The monoisotopic (exact) mass is 637 g/mol. The van der Waals surface area contributed by atoms with Crippen molar-refractivity contribution in [1.82, 2.24) is 4.90 Å². The van der Waals surface area contributed by atoms with Gasteiger partial charge in [0.25, 0.3) is 0 Å². The van der Waals surface area contributed by atoms with Crippen LogP contribution in [-0.4, -0.2) is 69.6 Å². The van der Waals surface area contributed by atoms with Gasteiger partial charge in [0, 0.05) is 25.3 Å². The lowest BCUT2D eigenvalue weighted by Crippen LogP contribution is -2.29. The Labute approximate surface area is 284 Å². The molecule has 0 amide bonds. The summed E-state index contributed by atoms with van der Waals surface area (Å²) in [5.41, 5.74) is 3.75. The summed E-state index contributed by atoms with van der Waals surface area (Å²) in [6.07, 6.45) is 11.4. The van der Waals surface area contributed by atoms with Crippen molar-refractivity contribution >= 4 is 13.6 Å². The van der Waals surface area contributed by atoms with Crippen molar-refractivity contribution < 1.29 is 14.2 Å². The van der Waals surface area contributed by atoms with Gasteiger partial charge in [0.2, 0.25) is 0 Å². The Morgan fingerprint density at radius 2 is 1.49 bits per heavy atom. The molecule has 1 saturated carbocycles. The van der Waals surface area contributed by atoms with Gasteiger partial charge in [0.15, 0.2) is 0 Å². The van der Waals surface area contributed by atoms with Gasteiger partial charge in [0.1, 0.15) is 13.7 Å². The minimum atomic E-state index is -0.630. The van der Waals surface area contributed by atoms with E-state index in [9.17, 15) is 9.50 Å². The van der Waals surface area contributed by atoms with Gasteiger partial charge in [-0.2, -0.15) is 0 Å². The van der Waals surface area contributed by atoms with E-state index in [1.807, 2.05) is 41.5 Å². The third kappa shape index (κ3) is 29.6. The first kappa shape index (κ1) is 53.0. The van der Waals surface area contributed by atoms with Crippen molar-refractivity contribution in [2.24, 2.45) is 10.4 Å². The van der Waals surface area contributed by atoms with Crippen LogP contribution in [0.15, 0.2) is 52.2 Å². The minimum Gasteiger partial charge on any atom is -0.388 e. The minimum absolute atomic E-state index is 0.201. The molecule has 2 aliphatic rings. The second-order valence-electron chi connectivity index (χ2n) is 12.0. The molecule has 2 radical (unpaired) electrons. The molecule has 0 heterocycles. The van der Waals surface area contributed by atoms with Crippen LogP contribution in [0, 0.1) is 5.41 Å². The van der Waals surface area contributed by atoms with E-state index in [4.69, 9.17) is 12.6 Å². The van der Waals surface area contributed by atoms with E-state index in [0.717, 1.165) is 47.3 Å². The molecule has 266 valence electrons. The lowest BCUT2D eigenvalue weighted by Gasteiger charge is -2.20. The summed E-state index contributed by atoms with van der Waals surface area (Å²) < 4.78 is 18.6. The molecule has 0 saturated heterocycles. The average Bonchev–Trinajstić information content (AvgIpc) is 3.79. The first-order valence-electron chi connectivity index (χ1n) is 17.6. The van der Waals surface area contributed by atoms with E-state index in [2.05, 4.69) is 78.7 Å². The Bertz CT molecular complexity index is 804. The first-order chi connectivity index (χ1) is 21.1. The van der Waals surface area contributed by atoms with Crippen molar-refractivity contribution in [2.75, 3.05) is 40.4 Å². The lowest BCUT2D eigenvalue weighted by atomic mass is 9.80. The summed E-state index contributed by atoms with van der Waals surface area (Å²) in [7, 11) is 9.96. The molecule has 0 aromatic rings. The summed E-state index contributed by atoms with van der Waals surface area (Å²) in [6.45, 7) is 37.5. The van der Waals surface area contributed by atoms with E-state index in [1.165, 1.54) is 51.1 Å². The van der Waals surface area contributed by atoms with E-state index < -0.39 is 5.60 Å². The Hall–Kier alpha value is -1.50. The van der Waals surface area contributed by atoms with Crippen LogP contribution >= 0.6 is 0 Å². The maximum absolute atomic E-state index is 13.4. The Balaban J connectivity index is -0.000000157. The Kier molecular flexibility index (Phi) is 39.9. The number of hydrogen-bond donors (Lipinski definition) is 1. The average molecular weight is 637 g/mol. The molecule has 1 fully saturated rings. The summed E-state index contributed by atoms with van der Waals surface area (Å²) >= 11 is 0. The van der Waals surface area contributed by atoms with Crippen LogP contribution in [0.2, 0.25) is 0 Å². The zero-order chi connectivity index (χ0) is 36.6. The standard InChI is InChI=1S/C12H15BFN.C8H17N.C8H18O2.C4H10.C3H8.C2H6.C2H4/c1-5-15-12-8(4)11(13)10(14)6-9(12)7(2)3;1-4-8(5-6-8)7-9(2)3;1-4-6-10-7-8(3,9)5-2;1-3-4-2;1-3-2;2*1-2/h6H,5H2,1-4H3;4-7H2,1-3H3;9H,4-7H2,1-3H3;3-4H2,1-2H3;3H2,1-2H3;1-2H3;1-2H2. The molecule has 2 rings (SSSR count). The van der Waals surface area contributed by atoms with E-state index in [-0.39, 0.29) is 11.3 Å². The van der Waals surface area contributed by atoms with Gasteiger partial charge in [-0.3, -0.25) is 4.99 Å². The number of ether oxygens (including phenoxy) is 1. The molecule has 2 aliphatic carbocycles. The highest BCUT2D eigenvalue weighted by Gasteiger charge is 2.40. The third-order valence-electron chi connectivity index (χ3n) is 6.78. The molecule has 6 heteroatoms. The fraction of sp³-hybridized carbons (Fsp3) is 0.769. The topological polar surface area (TPSA) is 45.1 Å². The van der Waals surface area contributed by atoms with Crippen molar-refractivity contribution in [2.45, 2.75) is 154 Å². The van der Waals surface area contributed by atoms with E-state index >= 15 is 0 Å². The van der Waals surface area contributed by atoms with Crippen LogP contribution in [-0.2, 0) is 4.74 Å². The number of unbranched alkanes of at least 4 members (excludes halogenated alkanes) is 1. The lowest BCUT2D eigenvalue weighted by molar-refractivity contribution is -0.0355. The third-order valence-corrected chi connectivity index (χ3v) is 6.78. The summed E-state index contributed by atoms with van der Waals surface area (Å²) in [6, 6.07) is 0. The molecule has 0 bridgehead atoms. The zero-order valence-corrected chi connectivity index (χ0v) is 33.2. The highest BCUT2D eigenvalue weighted by atomic mass is 19.1. The van der Waals surface area contributed by atoms with Gasteiger partial charge in [0.05, 0.1) is 17.9 Å². The maximum atomic E-state index is 13.4. The molecule has 1 atom stereocenters. The normalized spacial score (nSPS) is 16.1. The number of hydrogen-bond acceptors (Lipinski definition) is 4. The molecule has 0 aromatic heterocycles. The maximum Gasteiger partial charge on any atom is 0.118 e. The fourth-order valence-electron chi connectivity index (χ4n) is 3.53. The number of allylic oxidation sites excluding steroid dienone is 6. The molecule has 0 aromatic carbocycles. The number of nitrogens with zero attached hydrogens (tertiary/aromatic N) is 2. The highest BCUT2D eigenvalue weighted by molar-refractivity contribution is 6.31. The fourth-order valence-corrected chi connectivity index (χ4v) is 3.53. The Morgan fingerprint density at radius 3 is 1.76 bits per heavy atom. The molecule has 1 unspecified atom stereocenters. The predicted octanol–water partition coefficient (Wildman–Crippen LogP) is 11.5. The van der Waals surface area contributed by atoms with Crippen LogP contribution in [0.1, 0.15) is 148 Å². The second-order valence-corrected chi connectivity index (χ2v) is 12.0. The van der Waals surface area contributed by atoms with Gasteiger partial charge in [-0.25, -0.2) is 4.39 Å².